The number of hydrogen-bond donors (Lipinski definition) is 1. The molecule has 2 aromatic carbocycles. The van der Waals surface area contributed by atoms with Crippen molar-refractivity contribution in [1.29, 1.82) is 0 Å². The topological polar surface area (TPSA) is 106 Å². The number of amides is 1. The van der Waals surface area contributed by atoms with Gasteiger partial charge >= 0.3 is 0 Å². The molecule has 8 heteroatoms. The van der Waals surface area contributed by atoms with Gasteiger partial charge in [0.1, 0.15) is 0 Å². The summed E-state index contributed by atoms with van der Waals surface area (Å²) in [6, 6.07) is 10.4. The van der Waals surface area contributed by atoms with Crippen LogP contribution >= 0.6 is 0 Å². The summed E-state index contributed by atoms with van der Waals surface area (Å²) in [5, 5.41) is 13.3. The minimum Gasteiger partial charge on any atom is -0.322 e. The van der Waals surface area contributed by atoms with Crippen LogP contribution < -0.4 is 5.32 Å². The van der Waals surface area contributed by atoms with Crippen molar-refractivity contribution in [2.24, 2.45) is 0 Å². The van der Waals surface area contributed by atoms with Crippen LogP contribution in [0, 0.1) is 17.0 Å². The third kappa shape index (κ3) is 3.85. The van der Waals surface area contributed by atoms with Gasteiger partial charge in [0.25, 0.3) is 11.6 Å². The lowest BCUT2D eigenvalue weighted by Crippen LogP contribution is -2.18. The maximum absolute atomic E-state index is 12.7. The molecule has 1 fully saturated rings. The predicted octanol–water partition coefficient (Wildman–Crippen LogP) is 3.87. The Kier molecular flexibility index (Phi) is 5.27. The van der Waals surface area contributed by atoms with E-state index in [1.807, 2.05) is 0 Å². The Balaban J connectivity index is 1.86. The van der Waals surface area contributed by atoms with Gasteiger partial charge < -0.3 is 5.32 Å². The fraction of sp³-hybridized carbons (Fsp3) is 0.316. The van der Waals surface area contributed by atoms with E-state index in [0.717, 1.165) is 12.8 Å². The summed E-state index contributed by atoms with van der Waals surface area (Å²) in [5.41, 5.74) is 0.633. The summed E-state index contributed by atoms with van der Waals surface area (Å²) in [7, 11) is -3.43. The molecule has 0 aliphatic heterocycles. The lowest BCUT2D eigenvalue weighted by atomic mass is 10.1. The summed E-state index contributed by atoms with van der Waals surface area (Å²) in [6.07, 6.45) is 3.14. The Bertz CT molecular complexity index is 995. The fourth-order valence-electron chi connectivity index (χ4n) is 3.41. The lowest BCUT2D eigenvalue weighted by molar-refractivity contribution is -0.385. The molecule has 2 aromatic rings. The minimum atomic E-state index is -3.43. The van der Waals surface area contributed by atoms with E-state index in [1.54, 1.807) is 12.1 Å². The molecule has 1 aliphatic carbocycles. The van der Waals surface area contributed by atoms with Gasteiger partial charge in [0.2, 0.25) is 0 Å². The van der Waals surface area contributed by atoms with Crippen molar-refractivity contribution in [3.8, 4) is 0 Å². The van der Waals surface area contributed by atoms with Gasteiger partial charge in [0, 0.05) is 22.9 Å². The summed E-state index contributed by atoms with van der Waals surface area (Å²) in [6.45, 7) is 1.51. The maximum atomic E-state index is 12.7. The van der Waals surface area contributed by atoms with Gasteiger partial charge in [-0.3, -0.25) is 14.9 Å². The van der Waals surface area contributed by atoms with Crippen LogP contribution in [-0.4, -0.2) is 24.5 Å². The fourth-order valence-corrected chi connectivity index (χ4v) is 5.31. The van der Waals surface area contributed by atoms with E-state index in [2.05, 4.69) is 5.32 Å². The Morgan fingerprint density at radius 3 is 2.48 bits per heavy atom. The molecule has 27 heavy (non-hydrogen) atoms. The van der Waals surface area contributed by atoms with Crippen LogP contribution in [0.15, 0.2) is 47.4 Å². The molecule has 0 aromatic heterocycles. The van der Waals surface area contributed by atoms with E-state index in [1.165, 1.54) is 37.3 Å². The number of carbonyl (C=O) groups excluding carboxylic acids is 1. The Morgan fingerprint density at radius 2 is 1.81 bits per heavy atom. The number of benzene rings is 2. The number of nitrogens with one attached hydrogen (secondary N) is 1. The van der Waals surface area contributed by atoms with Gasteiger partial charge in [0.15, 0.2) is 9.84 Å². The zero-order valence-electron chi connectivity index (χ0n) is 14.8. The first-order chi connectivity index (χ1) is 12.8. The smallest absolute Gasteiger partial charge is 0.273 e. The van der Waals surface area contributed by atoms with E-state index < -0.39 is 20.7 Å². The number of hydrogen-bond acceptors (Lipinski definition) is 5. The molecule has 0 spiro atoms. The zero-order valence-corrected chi connectivity index (χ0v) is 15.7. The first-order valence-corrected chi connectivity index (χ1v) is 10.2. The molecule has 1 saturated carbocycles. The first-order valence-electron chi connectivity index (χ1n) is 8.70. The van der Waals surface area contributed by atoms with Gasteiger partial charge in [-0.25, -0.2) is 8.42 Å². The normalized spacial score (nSPS) is 14.9. The Hall–Kier alpha value is -2.74. The molecule has 1 aliphatic rings. The molecule has 142 valence electrons. The van der Waals surface area contributed by atoms with Crippen molar-refractivity contribution in [1.82, 2.24) is 0 Å². The van der Waals surface area contributed by atoms with Crippen molar-refractivity contribution < 1.29 is 18.1 Å². The van der Waals surface area contributed by atoms with Crippen LogP contribution in [0.4, 0.5) is 11.4 Å². The van der Waals surface area contributed by atoms with Crippen molar-refractivity contribution in [2.75, 3.05) is 5.32 Å². The van der Waals surface area contributed by atoms with E-state index in [0.29, 0.717) is 18.5 Å². The molecule has 3 rings (SSSR count). The molecule has 7 nitrogen and oxygen atoms in total. The summed E-state index contributed by atoms with van der Waals surface area (Å²) in [5.74, 6) is -0.522. The zero-order chi connectivity index (χ0) is 19.6. The number of nitro benzene ring substituents is 1. The Labute approximate surface area is 157 Å². The highest BCUT2D eigenvalue weighted by atomic mass is 32.2. The maximum Gasteiger partial charge on any atom is 0.273 e. The second kappa shape index (κ2) is 7.48. The quantitative estimate of drug-likeness (QED) is 0.618. The number of nitrogens with zero attached hydrogens (tertiary/aromatic N) is 1. The van der Waals surface area contributed by atoms with Crippen molar-refractivity contribution in [3.63, 3.8) is 0 Å². The van der Waals surface area contributed by atoms with Crippen LogP contribution in [0.1, 0.15) is 41.6 Å². The highest BCUT2D eigenvalue weighted by Crippen LogP contribution is 2.30. The van der Waals surface area contributed by atoms with E-state index in [9.17, 15) is 23.3 Å². The van der Waals surface area contributed by atoms with Crippen LogP contribution in [0.3, 0.4) is 0 Å². The Morgan fingerprint density at radius 1 is 1.15 bits per heavy atom. The summed E-state index contributed by atoms with van der Waals surface area (Å²) >= 11 is 0. The predicted molar refractivity (Wildman–Crippen MR) is 102 cm³/mol. The van der Waals surface area contributed by atoms with Crippen LogP contribution in [0.25, 0.3) is 0 Å². The SMILES string of the molecule is Cc1c(C(=O)Nc2cccc(S(=O)(=O)C3CCCC3)c2)cccc1[N+](=O)[O-]. The molecular formula is C19H20N2O5S. The van der Waals surface area contributed by atoms with Crippen LogP contribution in [0.5, 0.6) is 0 Å². The van der Waals surface area contributed by atoms with Crippen molar-refractivity contribution >= 4 is 27.1 Å². The number of sulfone groups is 1. The van der Waals surface area contributed by atoms with Crippen molar-refractivity contribution in [2.45, 2.75) is 42.8 Å². The standard InChI is InChI=1S/C19H20N2O5S/c1-13-17(10-5-11-18(13)21(23)24)19(22)20-14-6-4-9-16(12-14)27(25,26)15-7-2-3-8-15/h4-6,9-12,15H,2-3,7-8H2,1H3,(H,20,22). The second-order valence-corrected chi connectivity index (χ2v) is 8.87. The van der Waals surface area contributed by atoms with Crippen molar-refractivity contribution in [3.05, 3.63) is 63.7 Å². The van der Waals surface area contributed by atoms with E-state index in [4.69, 9.17) is 0 Å². The van der Waals surface area contributed by atoms with Gasteiger partial charge in [-0.1, -0.05) is 25.0 Å². The number of carbonyl (C=O) groups is 1. The summed E-state index contributed by atoms with van der Waals surface area (Å²) < 4.78 is 25.5. The monoisotopic (exact) mass is 388 g/mol. The average molecular weight is 388 g/mol. The first kappa shape index (κ1) is 19.0. The number of nitro groups is 1. The second-order valence-electron chi connectivity index (χ2n) is 6.64. The largest absolute Gasteiger partial charge is 0.322 e. The molecule has 0 unspecified atom stereocenters. The van der Waals surface area contributed by atoms with Crippen LogP contribution in [-0.2, 0) is 9.84 Å². The third-order valence-corrected chi connectivity index (χ3v) is 7.17. The van der Waals surface area contributed by atoms with Gasteiger partial charge in [-0.2, -0.15) is 0 Å². The number of anilines is 1. The highest BCUT2D eigenvalue weighted by Gasteiger charge is 2.30. The van der Waals surface area contributed by atoms with E-state index >= 15 is 0 Å². The molecule has 1 amide bonds. The average Bonchev–Trinajstić information content (AvgIpc) is 3.17. The van der Waals surface area contributed by atoms with Gasteiger partial charge in [-0.15, -0.1) is 0 Å². The van der Waals surface area contributed by atoms with Gasteiger partial charge in [-0.05, 0) is 44.0 Å². The molecule has 0 heterocycles. The molecule has 0 atom stereocenters. The molecule has 0 bridgehead atoms. The van der Waals surface area contributed by atoms with E-state index in [-0.39, 0.29) is 27.0 Å². The minimum absolute atomic E-state index is 0.139. The summed E-state index contributed by atoms with van der Waals surface area (Å²) in [4.78, 5) is 23.2. The number of rotatable bonds is 5. The lowest BCUT2D eigenvalue weighted by Gasteiger charge is -2.13. The molecule has 1 N–H and O–H groups in total. The molecule has 0 saturated heterocycles. The molecule has 0 radical (unpaired) electrons. The van der Waals surface area contributed by atoms with Gasteiger partial charge in [0.05, 0.1) is 15.1 Å². The highest BCUT2D eigenvalue weighted by molar-refractivity contribution is 7.92. The van der Waals surface area contributed by atoms with Crippen LogP contribution in [0.2, 0.25) is 0 Å². The molecular weight excluding hydrogens is 368 g/mol. The third-order valence-electron chi connectivity index (χ3n) is 4.91.